The van der Waals surface area contributed by atoms with Crippen LogP contribution in [-0.4, -0.2) is 29.2 Å². The third-order valence-corrected chi connectivity index (χ3v) is 4.96. The van der Waals surface area contributed by atoms with E-state index < -0.39 is 10.0 Å². The summed E-state index contributed by atoms with van der Waals surface area (Å²) in [6.07, 6.45) is 1.34. The van der Waals surface area contributed by atoms with E-state index >= 15 is 0 Å². The number of aryl methyl sites for hydroxylation is 1. The Kier molecular flexibility index (Phi) is 4.47. The molecule has 0 spiro atoms. The van der Waals surface area contributed by atoms with E-state index in [1.807, 2.05) is 6.07 Å². The lowest BCUT2D eigenvalue weighted by Gasteiger charge is -2.19. The lowest BCUT2D eigenvalue weighted by Crippen LogP contribution is -2.30. The number of halogens is 1. The van der Waals surface area contributed by atoms with Gasteiger partial charge in [0.2, 0.25) is 0 Å². The molecule has 5 nitrogen and oxygen atoms in total. The zero-order chi connectivity index (χ0) is 14.8. The number of hydrogen-bond acceptors (Lipinski definition) is 3. The zero-order valence-electron chi connectivity index (χ0n) is 11.3. The maximum Gasteiger partial charge on any atom is 0.260 e. The summed E-state index contributed by atoms with van der Waals surface area (Å²) in [6, 6.07) is 7.17. The van der Waals surface area contributed by atoms with Gasteiger partial charge >= 0.3 is 0 Å². The lowest BCUT2D eigenvalue weighted by molar-refractivity contribution is 0.421. The van der Waals surface area contributed by atoms with Gasteiger partial charge in [0, 0.05) is 18.1 Å². The Bertz CT molecular complexity index is 697. The van der Waals surface area contributed by atoms with Gasteiger partial charge in [-0.3, -0.25) is 0 Å². The van der Waals surface area contributed by atoms with Gasteiger partial charge in [-0.25, -0.2) is 13.4 Å². The van der Waals surface area contributed by atoms with Gasteiger partial charge in [0.25, 0.3) is 10.0 Å². The fourth-order valence-corrected chi connectivity index (χ4v) is 3.49. The van der Waals surface area contributed by atoms with Gasteiger partial charge in [-0.15, -0.1) is 0 Å². The predicted octanol–water partition coefficient (Wildman–Crippen LogP) is 2.58. The minimum atomic E-state index is -3.57. The molecular formula is C13H16ClN3O2S. The zero-order valence-corrected chi connectivity index (χ0v) is 12.9. The number of imidazole rings is 1. The molecule has 1 aromatic carbocycles. The number of H-pyrrole nitrogens is 1. The van der Waals surface area contributed by atoms with E-state index in [1.54, 1.807) is 32.0 Å². The molecule has 0 radical (unpaired) electrons. The summed E-state index contributed by atoms with van der Waals surface area (Å²) in [7, 11) is -3.57. The van der Waals surface area contributed by atoms with Crippen LogP contribution < -0.4 is 0 Å². The summed E-state index contributed by atoms with van der Waals surface area (Å²) in [5, 5.41) is 0.701. The molecule has 0 saturated heterocycles. The summed E-state index contributed by atoms with van der Waals surface area (Å²) in [4.78, 5) is 6.70. The fourth-order valence-electron chi connectivity index (χ4n) is 1.87. The topological polar surface area (TPSA) is 66.1 Å². The monoisotopic (exact) mass is 313 g/mol. The highest BCUT2D eigenvalue weighted by molar-refractivity contribution is 7.89. The molecule has 2 rings (SSSR count). The average Bonchev–Trinajstić information content (AvgIpc) is 2.83. The van der Waals surface area contributed by atoms with Crippen molar-refractivity contribution in [3.63, 3.8) is 0 Å². The van der Waals surface area contributed by atoms with Crippen molar-refractivity contribution in [2.75, 3.05) is 6.54 Å². The normalized spacial score (nSPS) is 12.0. The fraction of sp³-hybridized carbons (Fsp3) is 0.308. The SMILES string of the molecule is CCN(Cc1cccc(Cl)c1)S(=O)(=O)c1cnc(C)[nH]1. The number of aromatic nitrogens is 2. The highest BCUT2D eigenvalue weighted by Crippen LogP contribution is 2.18. The van der Waals surface area contributed by atoms with E-state index in [9.17, 15) is 8.42 Å². The van der Waals surface area contributed by atoms with E-state index in [0.717, 1.165) is 5.56 Å². The van der Waals surface area contributed by atoms with E-state index in [2.05, 4.69) is 9.97 Å². The van der Waals surface area contributed by atoms with Gasteiger partial charge in [-0.05, 0) is 24.6 Å². The summed E-state index contributed by atoms with van der Waals surface area (Å²) in [5.41, 5.74) is 0.846. The van der Waals surface area contributed by atoms with Crippen molar-refractivity contribution in [2.45, 2.75) is 25.4 Å². The van der Waals surface area contributed by atoms with Crippen molar-refractivity contribution in [2.24, 2.45) is 0 Å². The first kappa shape index (κ1) is 15.0. The second kappa shape index (κ2) is 5.95. The van der Waals surface area contributed by atoms with Gasteiger partial charge in [-0.2, -0.15) is 4.31 Å². The van der Waals surface area contributed by atoms with Crippen LogP contribution >= 0.6 is 11.6 Å². The first-order valence-electron chi connectivity index (χ1n) is 6.19. The number of aromatic amines is 1. The number of benzene rings is 1. The summed E-state index contributed by atoms with van der Waals surface area (Å²) in [5.74, 6) is 0.572. The van der Waals surface area contributed by atoms with Crippen molar-refractivity contribution in [1.29, 1.82) is 0 Å². The maximum absolute atomic E-state index is 12.5. The Labute approximate surface area is 123 Å². The molecule has 20 heavy (non-hydrogen) atoms. The van der Waals surface area contributed by atoms with Crippen molar-refractivity contribution in [3.8, 4) is 0 Å². The molecule has 0 bridgehead atoms. The quantitative estimate of drug-likeness (QED) is 0.922. The van der Waals surface area contributed by atoms with Crippen LogP contribution in [0.25, 0.3) is 0 Å². The highest BCUT2D eigenvalue weighted by atomic mass is 35.5. The second-order valence-electron chi connectivity index (χ2n) is 4.39. The van der Waals surface area contributed by atoms with Crippen LogP contribution in [0.1, 0.15) is 18.3 Å². The molecule has 0 fully saturated rings. The molecule has 7 heteroatoms. The molecule has 1 N–H and O–H groups in total. The molecule has 1 heterocycles. The lowest BCUT2D eigenvalue weighted by atomic mass is 10.2. The van der Waals surface area contributed by atoms with Gasteiger partial charge in [0.1, 0.15) is 5.82 Å². The third kappa shape index (κ3) is 3.20. The minimum Gasteiger partial charge on any atom is -0.332 e. The molecule has 108 valence electrons. The van der Waals surface area contributed by atoms with Gasteiger partial charge < -0.3 is 4.98 Å². The Morgan fingerprint density at radius 3 is 2.70 bits per heavy atom. The van der Waals surface area contributed by atoms with Crippen molar-refractivity contribution < 1.29 is 8.42 Å². The summed E-state index contributed by atoms with van der Waals surface area (Å²) in [6.45, 7) is 4.15. The standard InChI is InChI=1S/C13H16ClN3O2S/c1-3-17(9-11-5-4-6-12(14)7-11)20(18,19)13-8-15-10(2)16-13/h4-8H,3,9H2,1-2H3,(H,15,16). The summed E-state index contributed by atoms with van der Waals surface area (Å²) >= 11 is 5.92. The Morgan fingerprint density at radius 1 is 1.40 bits per heavy atom. The van der Waals surface area contributed by atoms with Crippen molar-refractivity contribution in [1.82, 2.24) is 14.3 Å². The van der Waals surface area contributed by atoms with E-state index in [1.165, 1.54) is 10.5 Å². The second-order valence-corrected chi connectivity index (χ2v) is 6.74. The van der Waals surface area contributed by atoms with Crippen LogP contribution in [0.5, 0.6) is 0 Å². The smallest absolute Gasteiger partial charge is 0.260 e. The minimum absolute atomic E-state index is 0.110. The van der Waals surface area contributed by atoms with Crippen molar-refractivity contribution in [3.05, 3.63) is 46.9 Å². The van der Waals surface area contributed by atoms with Crippen molar-refractivity contribution >= 4 is 21.6 Å². The molecular weight excluding hydrogens is 298 g/mol. The first-order valence-corrected chi connectivity index (χ1v) is 8.01. The van der Waals surface area contributed by atoms with E-state index in [-0.39, 0.29) is 11.6 Å². The number of sulfonamides is 1. The van der Waals surface area contributed by atoms with Crippen LogP contribution in [0.3, 0.4) is 0 Å². The van der Waals surface area contributed by atoms with Crippen LogP contribution in [-0.2, 0) is 16.6 Å². The molecule has 0 amide bonds. The number of hydrogen-bond donors (Lipinski definition) is 1. The molecule has 0 saturated carbocycles. The number of nitrogens with one attached hydrogen (secondary N) is 1. The Hall–Kier alpha value is -1.37. The average molecular weight is 314 g/mol. The Balaban J connectivity index is 2.28. The maximum atomic E-state index is 12.5. The molecule has 0 aliphatic rings. The highest BCUT2D eigenvalue weighted by Gasteiger charge is 2.25. The van der Waals surface area contributed by atoms with Gasteiger partial charge in [-0.1, -0.05) is 30.7 Å². The summed E-state index contributed by atoms with van der Waals surface area (Å²) < 4.78 is 26.4. The van der Waals surface area contributed by atoms with Crippen LogP contribution in [0, 0.1) is 6.92 Å². The molecule has 0 atom stereocenters. The van der Waals surface area contributed by atoms with Crippen LogP contribution in [0.15, 0.2) is 35.5 Å². The molecule has 2 aromatic rings. The molecule has 0 aliphatic carbocycles. The van der Waals surface area contributed by atoms with Gasteiger partial charge in [0.05, 0.1) is 6.20 Å². The molecule has 0 aliphatic heterocycles. The van der Waals surface area contributed by atoms with Crippen LogP contribution in [0.2, 0.25) is 5.02 Å². The number of nitrogens with zero attached hydrogens (tertiary/aromatic N) is 2. The first-order chi connectivity index (χ1) is 9.43. The predicted molar refractivity (Wildman–Crippen MR) is 78.0 cm³/mol. The van der Waals surface area contributed by atoms with Crippen LogP contribution in [0.4, 0.5) is 0 Å². The third-order valence-electron chi connectivity index (χ3n) is 2.90. The van der Waals surface area contributed by atoms with Gasteiger partial charge in [0.15, 0.2) is 5.03 Å². The molecule has 0 unspecified atom stereocenters. The Morgan fingerprint density at radius 2 is 2.15 bits per heavy atom. The largest absolute Gasteiger partial charge is 0.332 e. The van der Waals surface area contributed by atoms with E-state index in [4.69, 9.17) is 11.6 Å². The van der Waals surface area contributed by atoms with E-state index in [0.29, 0.717) is 17.4 Å². The molecule has 1 aromatic heterocycles. The number of rotatable bonds is 5.